The van der Waals surface area contributed by atoms with Gasteiger partial charge in [-0.1, -0.05) is 18.5 Å². The number of aromatic nitrogens is 2. The number of hydrogen-bond donors (Lipinski definition) is 1. The van der Waals surface area contributed by atoms with E-state index >= 15 is 0 Å². The molecule has 0 atom stereocenters. The van der Waals surface area contributed by atoms with E-state index in [4.69, 9.17) is 11.6 Å². The van der Waals surface area contributed by atoms with Crippen LogP contribution in [0.25, 0.3) is 0 Å². The second kappa shape index (κ2) is 6.17. The van der Waals surface area contributed by atoms with Crippen molar-refractivity contribution in [3.8, 4) is 0 Å². The second-order valence-electron chi connectivity index (χ2n) is 4.40. The van der Waals surface area contributed by atoms with Gasteiger partial charge >= 0.3 is 0 Å². The van der Waals surface area contributed by atoms with Gasteiger partial charge in [-0.15, -0.1) is 0 Å². The van der Waals surface area contributed by atoms with Crippen molar-refractivity contribution in [3.05, 3.63) is 52.3 Å². The third-order valence-corrected chi connectivity index (χ3v) is 3.27. The zero-order chi connectivity index (χ0) is 13.8. The van der Waals surface area contributed by atoms with Crippen molar-refractivity contribution in [2.75, 3.05) is 6.54 Å². The third-order valence-electron chi connectivity index (χ3n) is 3.03. The average Bonchev–Trinajstić information content (AvgIpc) is 2.73. The van der Waals surface area contributed by atoms with Crippen molar-refractivity contribution in [2.24, 2.45) is 0 Å². The summed E-state index contributed by atoms with van der Waals surface area (Å²) in [6.07, 6.45) is 1.82. The smallest absolute Gasteiger partial charge is 0.128 e. The summed E-state index contributed by atoms with van der Waals surface area (Å²) in [6.45, 7) is 6.01. The highest BCUT2D eigenvalue weighted by molar-refractivity contribution is 6.30. The Bertz CT molecular complexity index is 566. The van der Waals surface area contributed by atoms with Crippen molar-refractivity contribution < 1.29 is 4.39 Å². The second-order valence-corrected chi connectivity index (χ2v) is 4.84. The number of nitrogens with one attached hydrogen (secondary N) is 1. The van der Waals surface area contributed by atoms with E-state index in [1.54, 1.807) is 12.1 Å². The summed E-state index contributed by atoms with van der Waals surface area (Å²) >= 11 is 5.92. The van der Waals surface area contributed by atoms with Crippen molar-refractivity contribution in [1.82, 2.24) is 14.9 Å². The zero-order valence-electron chi connectivity index (χ0n) is 11.1. The SMILES string of the molecule is CCNCc1cnc(C)n1Cc1cc(Cl)ccc1F. The predicted octanol–water partition coefficient (Wildman–Crippen LogP) is 3.14. The first-order valence-corrected chi connectivity index (χ1v) is 6.65. The number of halogens is 2. The first kappa shape index (κ1) is 14.0. The van der Waals surface area contributed by atoms with Crippen LogP contribution in [-0.2, 0) is 13.1 Å². The van der Waals surface area contributed by atoms with Crippen LogP contribution in [0.15, 0.2) is 24.4 Å². The molecule has 19 heavy (non-hydrogen) atoms. The lowest BCUT2D eigenvalue weighted by molar-refractivity contribution is 0.585. The molecule has 0 amide bonds. The molecule has 0 fully saturated rings. The Morgan fingerprint density at radius 1 is 1.42 bits per heavy atom. The molecule has 0 bridgehead atoms. The van der Waals surface area contributed by atoms with Crippen LogP contribution in [0.1, 0.15) is 24.0 Å². The molecule has 1 aromatic carbocycles. The normalized spacial score (nSPS) is 10.9. The van der Waals surface area contributed by atoms with Crippen LogP contribution in [0.5, 0.6) is 0 Å². The number of benzene rings is 1. The maximum Gasteiger partial charge on any atom is 0.128 e. The van der Waals surface area contributed by atoms with E-state index in [2.05, 4.69) is 10.3 Å². The van der Waals surface area contributed by atoms with Gasteiger partial charge in [-0.25, -0.2) is 9.37 Å². The maximum atomic E-state index is 13.8. The molecule has 0 aliphatic heterocycles. The minimum absolute atomic E-state index is 0.244. The first-order chi connectivity index (χ1) is 9.11. The van der Waals surface area contributed by atoms with Crippen LogP contribution in [-0.4, -0.2) is 16.1 Å². The van der Waals surface area contributed by atoms with E-state index in [-0.39, 0.29) is 5.82 Å². The molecule has 0 saturated carbocycles. The van der Waals surface area contributed by atoms with Gasteiger partial charge in [0.05, 0.1) is 12.2 Å². The molecule has 0 aliphatic carbocycles. The van der Waals surface area contributed by atoms with Crippen LogP contribution >= 0.6 is 11.6 Å². The summed E-state index contributed by atoms with van der Waals surface area (Å²) in [5.41, 5.74) is 1.62. The minimum Gasteiger partial charge on any atom is -0.326 e. The lowest BCUT2D eigenvalue weighted by Gasteiger charge is -2.11. The lowest BCUT2D eigenvalue weighted by atomic mass is 10.2. The maximum absolute atomic E-state index is 13.8. The number of hydrogen-bond acceptors (Lipinski definition) is 2. The van der Waals surface area contributed by atoms with E-state index in [1.807, 2.05) is 24.6 Å². The molecule has 2 rings (SSSR count). The van der Waals surface area contributed by atoms with Gasteiger partial charge in [0.2, 0.25) is 0 Å². The van der Waals surface area contributed by atoms with Crippen LogP contribution in [0.4, 0.5) is 4.39 Å². The molecule has 3 nitrogen and oxygen atoms in total. The highest BCUT2D eigenvalue weighted by Crippen LogP contribution is 2.17. The van der Waals surface area contributed by atoms with Gasteiger partial charge in [-0.05, 0) is 31.7 Å². The van der Waals surface area contributed by atoms with Gasteiger partial charge in [0, 0.05) is 23.3 Å². The lowest BCUT2D eigenvalue weighted by Crippen LogP contribution is -2.16. The number of imidazole rings is 1. The van der Waals surface area contributed by atoms with E-state index in [0.29, 0.717) is 17.1 Å². The average molecular weight is 282 g/mol. The van der Waals surface area contributed by atoms with Gasteiger partial charge in [0.15, 0.2) is 0 Å². The van der Waals surface area contributed by atoms with Gasteiger partial charge in [-0.3, -0.25) is 0 Å². The Kier molecular flexibility index (Phi) is 4.56. The summed E-state index contributed by atoms with van der Waals surface area (Å²) in [5.74, 6) is 0.624. The Morgan fingerprint density at radius 3 is 2.95 bits per heavy atom. The third kappa shape index (κ3) is 3.33. The molecule has 1 N–H and O–H groups in total. The van der Waals surface area contributed by atoms with E-state index < -0.39 is 0 Å². The molecule has 102 valence electrons. The fraction of sp³-hybridized carbons (Fsp3) is 0.357. The molecule has 5 heteroatoms. The van der Waals surface area contributed by atoms with Crippen LogP contribution in [0, 0.1) is 12.7 Å². The van der Waals surface area contributed by atoms with Crippen LogP contribution < -0.4 is 5.32 Å². The molecule has 0 spiro atoms. The van der Waals surface area contributed by atoms with Crippen molar-refractivity contribution >= 4 is 11.6 Å². The fourth-order valence-electron chi connectivity index (χ4n) is 1.96. The topological polar surface area (TPSA) is 29.9 Å². The predicted molar refractivity (Wildman–Crippen MR) is 74.9 cm³/mol. The van der Waals surface area contributed by atoms with Crippen molar-refractivity contribution in [1.29, 1.82) is 0 Å². The molecule has 0 unspecified atom stereocenters. The molecule has 0 radical (unpaired) electrons. The quantitative estimate of drug-likeness (QED) is 0.912. The Balaban J connectivity index is 2.27. The Morgan fingerprint density at radius 2 is 2.21 bits per heavy atom. The van der Waals surface area contributed by atoms with Gasteiger partial charge in [-0.2, -0.15) is 0 Å². The summed E-state index contributed by atoms with van der Waals surface area (Å²) in [4.78, 5) is 4.29. The molecule has 1 heterocycles. The van der Waals surface area contributed by atoms with Crippen molar-refractivity contribution in [2.45, 2.75) is 26.9 Å². The first-order valence-electron chi connectivity index (χ1n) is 6.27. The Hall–Kier alpha value is -1.39. The molecule has 2 aromatic rings. The number of rotatable bonds is 5. The number of aryl methyl sites for hydroxylation is 1. The van der Waals surface area contributed by atoms with Gasteiger partial charge in [0.1, 0.15) is 11.6 Å². The summed E-state index contributed by atoms with van der Waals surface area (Å²) in [7, 11) is 0. The van der Waals surface area contributed by atoms with E-state index in [9.17, 15) is 4.39 Å². The largest absolute Gasteiger partial charge is 0.326 e. The van der Waals surface area contributed by atoms with Crippen molar-refractivity contribution in [3.63, 3.8) is 0 Å². The van der Waals surface area contributed by atoms with Crippen LogP contribution in [0.3, 0.4) is 0 Å². The van der Waals surface area contributed by atoms with Gasteiger partial charge < -0.3 is 9.88 Å². The van der Waals surface area contributed by atoms with E-state index in [1.165, 1.54) is 6.07 Å². The molecule has 0 saturated heterocycles. The molecule has 1 aromatic heterocycles. The van der Waals surface area contributed by atoms with Gasteiger partial charge in [0.25, 0.3) is 0 Å². The summed E-state index contributed by atoms with van der Waals surface area (Å²) in [6, 6.07) is 4.61. The zero-order valence-corrected chi connectivity index (χ0v) is 11.8. The summed E-state index contributed by atoms with van der Waals surface area (Å²) in [5, 5.41) is 3.79. The highest BCUT2D eigenvalue weighted by Gasteiger charge is 2.10. The molecular formula is C14H17ClFN3. The minimum atomic E-state index is -0.244. The fourth-order valence-corrected chi connectivity index (χ4v) is 2.15. The Labute approximate surface area is 117 Å². The molecule has 0 aliphatic rings. The standard InChI is InChI=1S/C14H17ClFN3/c1-3-17-7-13-8-18-10(2)19(13)9-11-6-12(15)4-5-14(11)16/h4-6,8,17H,3,7,9H2,1-2H3. The molecular weight excluding hydrogens is 265 g/mol. The van der Waals surface area contributed by atoms with Crippen LogP contribution in [0.2, 0.25) is 5.02 Å². The van der Waals surface area contributed by atoms with E-state index in [0.717, 1.165) is 24.6 Å². The monoisotopic (exact) mass is 281 g/mol. The summed E-state index contributed by atoms with van der Waals surface area (Å²) < 4.78 is 15.8. The highest BCUT2D eigenvalue weighted by atomic mass is 35.5. The number of nitrogens with zero attached hydrogens (tertiary/aromatic N) is 2.